The van der Waals surface area contributed by atoms with Crippen LogP contribution < -0.4 is 18.9 Å². The lowest BCUT2D eigenvalue weighted by atomic mass is 10.1. The molecule has 2 saturated heterocycles. The molecule has 0 radical (unpaired) electrons. The van der Waals surface area contributed by atoms with Crippen LogP contribution >= 0.6 is 0 Å². The monoisotopic (exact) mass is 604 g/mol. The van der Waals surface area contributed by atoms with Gasteiger partial charge in [0.1, 0.15) is 36.9 Å². The van der Waals surface area contributed by atoms with Crippen molar-refractivity contribution in [1.82, 2.24) is 0 Å². The maximum absolute atomic E-state index is 14.3. The summed E-state index contributed by atoms with van der Waals surface area (Å²) in [6.07, 6.45) is -3.15. The van der Waals surface area contributed by atoms with E-state index in [1.165, 1.54) is 30.3 Å². The molecule has 0 spiro atoms. The normalized spacial score (nSPS) is 17.0. The van der Waals surface area contributed by atoms with E-state index < -0.39 is 35.6 Å². The third kappa shape index (κ3) is 9.16. The van der Waals surface area contributed by atoms with Gasteiger partial charge in [-0.05, 0) is 66.4 Å². The van der Waals surface area contributed by atoms with E-state index >= 15 is 0 Å². The predicted octanol–water partition coefficient (Wildman–Crippen LogP) is 5.53. The molecule has 2 heterocycles. The zero-order chi connectivity index (χ0) is 30.3. The Morgan fingerprint density at radius 1 is 0.721 bits per heavy atom. The summed E-state index contributed by atoms with van der Waals surface area (Å²) in [6, 6.07) is 11.9. The summed E-state index contributed by atoms with van der Waals surface area (Å²) in [5, 5.41) is 0. The van der Waals surface area contributed by atoms with Crippen molar-refractivity contribution in [1.29, 1.82) is 0 Å². The molecule has 0 amide bonds. The van der Waals surface area contributed by atoms with E-state index in [4.69, 9.17) is 28.4 Å². The first-order valence-electron chi connectivity index (χ1n) is 13.6. The molecule has 228 valence electrons. The van der Waals surface area contributed by atoms with Crippen LogP contribution in [0, 0.1) is 11.6 Å². The maximum Gasteiger partial charge on any atom is 0.311 e. The molecule has 2 fully saturated rings. The number of carbonyl (C=O) groups is 2. The summed E-state index contributed by atoms with van der Waals surface area (Å²) >= 11 is 0. The van der Waals surface area contributed by atoms with E-state index in [0.29, 0.717) is 24.3 Å². The number of hydrogen-bond acceptors (Lipinski definition) is 8. The van der Waals surface area contributed by atoms with Crippen LogP contribution in [-0.4, -0.2) is 50.6 Å². The van der Waals surface area contributed by atoms with Crippen LogP contribution in [0.3, 0.4) is 0 Å². The Morgan fingerprint density at radius 2 is 1.21 bits per heavy atom. The molecular weight excluding hydrogens is 576 g/mol. The SMILES string of the molecule is O=C(CCc1ccc(OCC2CO2)c(F)c1)Oc1ccc(OC(=O)CCc2ccc(OCC3CO3)c(F)c2)c(C(F)F)c1. The molecule has 0 N–H and O–H groups in total. The molecule has 5 rings (SSSR count). The molecule has 8 nitrogen and oxygen atoms in total. The fourth-order valence-corrected chi connectivity index (χ4v) is 4.03. The number of ether oxygens (including phenoxy) is 6. The largest absolute Gasteiger partial charge is 0.488 e. The molecular formula is C31H28F4O8. The van der Waals surface area contributed by atoms with E-state index in [1.807, 2.05) is 0 Å². The number of alkyl halides is 2. The third-order valence-corrected chi connectivity index (χ3v) is 6.55. The van der Waals surface area contributed by atoms with Crippen molar-refractivity contribution in [2.24, 2.45) is 0 Å². The summed E-state index contributed by atoms with van der Waals surface area (Å²) in [6.45, 7) is 1.66. The van der Waals surface area contributed by atoms with Gasteiger partial charge in [-0.25, -0.2) is 17.6 Å². The van der Waals surface area contributed by atoms with Gasteiger partial charge in [-0.15, -0.1) is 0 Å². The van der Waals surface area contributed by atoms with Gasteiger partial charge in [-0.1, -0.05) is 12.1 Å². The van der Waals surface area contributed by atoms with Crippen LogP contribution in [0.1, 0.15) is 36.0 Å². The molecule has 3 aromatic rings. The first-order chi connectivity index (χ1) is 20.7. The number of hydrogen-bond donors (Lipinski definition) is 0. The smallest absolute Gasteiger partial charge is 0.311 e. The average molecular weight is 605 g/mol. The highest BCUT2D eigenvalue weighted by atomic mass is 19.3. The summed E-state index contributed by atoms with van der Waals surface area (Å²) < 4.78 is 87.0. The number of esters is 2. The summed E-state index contributed by atoms with van der Waals surface area (Å²) in [4.78, 5) is 24.7. The highest BCUT2D eigenvalue weighted by molar-refractivity contribution is 5.74. The fourth-order valence-electron chi connectivity index (χ4n) is 4.03. The second-order valence-electron chi connectivity index (χ2n) is 10.0. The summed E-state index contributed by atoms with van der Waals surface area (Å²) in [5.41, 5.74) is 0.382. The first-order valence-corrected chi connectivity index (χ1v) is 13.6. The highest BCUT2D eigenvalue weighted by Gasteiger charge is 2.25. The van der Waals surface area contributed by atoms with Gasteiger partial charge >= 0.3 is 11.9 Å². The predicted molar refractivity (Wildman–Crippen MR) is 143 cm³/mol. The van der Waals surface area contributed by atoms with Crippen molar-refractivity contribution in [2.75, 3.05) is 26.4 Å². The number of rotatable bonds is 15. The van der Waals surface area contributed by atoms with Crippen LogP contribution in [0.2, 0.25) is 0 Å². The molecule has 2 unspecified atom stereocenters. The molecule has 0 aliphatic carbocycles. The van der Waals surface area contributed by atoms with Crippen molar-refractivity contribution in [3.63, 3.8) is 0 Å². The molecule has 2 aliphatic heterocycles. The number of halogens is 4. The maximum atomic E-state index is 14.3. The van der Waals surface area contributed by atoms with Gasteiger partial charge in [0, 0.05) is 12.8 Å². The van der Waals surface area contributed by atoms with Crippen LogP contribution in [0.4, 0.5) is 17.6 Å². The van der Waals surface area contributed by atoms with Gasteiger partial charge in [-0.2, -0.15) is 0 Å². The number of aryl methyl sites for hydroxylation is 2. The standard InChI is InChI=1S/C31H28F4O8/c32-24-11-18(1-6-27(24)40-16-21-14-38-21)3-9-29(36)42-20-5-8-26(23(13-20)31(34)35)43-30(37)10-4-19-2-7-28(25(33)12-19)41-17-22-15-39-22/h1-2,5-8,11-13,21-22,31H,3-4,9-10,14-17H2. The van der Waals surface area contributed by atoms with Crippen molar-refractivity contribution in [3.05, 3.63) is 82.9 Å². The minimum atomic E-state index is -3.03. The van der Waals surface area contributed by atoms with E-state index in [9.17, 15) is 27.2 Å². The van der Waals surface area contributed by atoms with Gasteiger partial charge in [0.15, 0.2) is 23.1 Å². The van der Waals surface area contributed by atoms with E-state index in [0.717, 1.165) is 12.1 Å². The molecule has 0 saturated carbocycles. The Bertz CT molecular complexity index is 1460. The average Bonchev–Trinajstić information content (AvgIpc) is 3.91. The molecule has 0 bridgehead atoms. The molecule has 0 aromatic heterocycles. The Hall–Kier alpha value is -4.16. The van der Waals surface area contributed by atoms with Crippen LogP contribution in [0.25, 0.3) is 0 Å². The number of epoxide rings is 2. The molecule has 2 atom stereocenters. The van der Waals surface area contributed by atoms with Crippen molar-refractivity contribution in [2.45, 2.75) is 44.3 Å². The van der Waals surface area contributed by atoms with Crippen LogP contribution in [-0.2, 0) is 31.9 Å². The number of benzene rings is 3. The topological polar surface area (TPSA) is 96.1 Å². The quantitative estimate of drug-likeness (QED) is 0.0967. The zero-order valence-electron chi connectivity index (χ0n) is 22.9. The van der Waals surface area contributed by atoms with Gasteiger partial charge in [0.2, 0.25) is 0 Å². The summed E-state index contributed by atoms with van der Waals surface area (Å²) in [7, 11) is 0. The summed E-state index contributed by atoms with van der Waals surface area (Å²) in [5.74, 6) is -3.09. The molecule has 43 heavy (non-hydrogen) atoms. The highest BCUT2D eigenvalue weighted by Crippen LogP contribution is 2.33. The van der Waals surface area contributed by atoms with Crippen molar-refractivity contribution in [3.8, 4) is 23.0 Å². The van der Waals surface area contributed by atoms with Crippen LogP contribution in [0.5, 0.6) is 23.0 Å². The van der Waals surface area contributed by atoms with Gasteiger partial charge in [0.05, 0.1) is 18.8 Å². The Morgan fingerprint density at radius 3 is 1.67 bits per heavy atom. The fraction of sp³-hybridized carbons (Fsp3) is 0.355. The minimum Gasteiger partial charge on any atom is -0.488 e. The Labute approximate surface area is 244 Å². The van der Waals surface area contributed by atoms with E-state index in [2.05, 4.69) is 0 Å². The van der Waals surface area contributed by atoms with Gasteiger partial charge < -0.3 is 28.4 Å². The lowest BCUT2D eigenvalue weighted by molar-refractivity contribution is -0.135. The molecule has 2 aliphatic rings. The third-order valence-electron chi connectivity index (χ3n) is 6.55. The second kappa shape index (κ2) is 13.9. The van der Waals surface area contributed by atoms with Crippen LogP contribution in [0.15, 0.2) is 54.6 Å². The lowest BCUT2D eigenvalue weighted by Crippen LogP contribution is -2.12. The second-order valence-corrected chi connectivity index (χ2v) is 10.0. The minimum absolute atomic E-state index is 0.0183. The van der Waals surface area contributed by atoms with Gasteiger partial charge in [-0.3, -0.25) is 9.59 Å². The van der Waals surface area contributed by atoms with Crippen molar-refractivity contribution < 1.29 is 55.6 Å². The van der Waals surface area contributed by atoms with Gasteiger partial charge in [0.25, 0.3) is 6.43 Å². The van der Waals surface area contributed by atoms with E-state index in [1.54, 1.807) is 12.1 Å². The van der Waals surface area contributed by atoms with E-state index in [-0.39, 0.29) is 74.1 Å². The Balaban J connectivity index is 1.10. The first kappa shape index (κ1) is 30.3. The van der Waals surface area contributed by atoms with Crippen molar-refractivity contribution >= 4 is 11.9 Å². The zero-order valence-corrected chi connectivity index (χ0v) is 22.9. The molecule has 3 aromatic carbocycles. The number of carbonyl (C=O) groups excluding carboxylic acids is 2. The molecule has 12 heteroatoms. The lowest BCUT2D eigenvalue weighted by Gasteiger charge is -2.12. The Kier molecular flexibility index (Phi) is 9.78.